The highest BCUT2D eigenvalue weighted by atomic mass is 19.4. The monoisotopic (exact) mass is 293 g/mol. The van der Waals surface area contributed by atoms with Crippen LogP contribution in [-0.2, 0) is 6.18 Å². The summed E-state index contributed by atoms with van der Waals surface area (Å²) in [6, 6.07) is 12.9. The van der Waals surface area contributed by atoms with Crippen LogP contribution >= 0.6 is 0 Å². The molecule has 0 atom stereocenters. The van der Waals surface area contributed by atoms with E-state index in [1.165, 1.54) is 18.2 Å². The van der Waals surface area contributed by atoms with E-state index in [0.717, 1.165) is 22.7 Å². The summed E-state index contributed by atoms with van der Waals surface area (Å²) in [6.07, 6.45) is -2.53. The summed E-state index contributed by atoms with van der Waals surface area (Å²) in [5.41, 5.74) is 11.6. The van der Waals surface area contributed by atoms with E-state index >= 15 is 0 Å². The molecule has 110 valence electrons. The van der Waals surface area contributed by atoms with Gasteiger partial charge in [-0.1, -0.05) is 30.3 Å². The molecule has 1 aromatic heterocycles. The van der Waals surface area contributed by atoms with Crippen LogP contribution in [-0.4, -0.2) is 4.98 Å². The number of aromatic amines is 1. The first-order chi connectivity index (χ1) is 9.89. The van der Waals surface area contributed by atoms with Gasteiger partial charge in [0.2, 0.25) is 0 Å². The predicted octanol–water partition coefficient (Wildman–Crippen LogP) is 4.04. The molecule has 6 heteroatoms. The lowest BCUT2D eigenvalue weighted by Crippen LogP contribution is -2.07. The fraction of sp³-hybridized carbons (Fsp3) is 0.0667. The Kier molecular flexibility index (Phi) is 4.07. The maximum atomic E-state index is 12.0. The van der Waals surface area contributed by atoms with E-state index in [-0.39, 0.29) is 5.69 Å². The number of alkyl halides is 3. The van der Waals surface area contributed by atoms with Crippen molar-refractivity contribution in [3.05, 3.63) is 60.3 Å². The molecule has 0 aliphatic rings. The van der Waals surface area contributed by atoms with E-state index in [1.54, 1.807) is 0 Å². The smallest absolute Gasteiger partial charge is 0.398 e. The van der Waals surface area contributed by atoms with Crippen LogP contribution in [0.3, 0.4) is 0 Å². The van der Waals surface area contributed by atoms with Crippen LogP contribution in [0, 0.1) is 0 Å². The van der Waals surface area contributed by atoms with Gasteiger partial charge in [0.25, 0.3) is 0 Å². The number of para-hydroxylation sites is 2. The van der Waals surface area contributed by atoms with Crippen molar-refractivity contribution in [2.45, 2.75) is 6.18 Å². The van der Waals surface area contributed by atoms with Crippen molar-refractivity contribution in [1.29, 1.82) is 0 Å². The van der Waals surface area contributed by atoms with Gasteiger partial charge in [-0.25, -0.2) is 0 Å². The van der Waals surface area contributed by atoms with Crippen LogP contribution in [0.5, 0.6) is 0 Å². The van der Waals surface area contributed by atoms with Gasteiger partial charge in [0.05, 0.1) is 11.3 Å². The van der Waals surface area contributed by atoms with E-state index in [9.17, 15) is 13.2 Å². The summed E-state index contributed by atoms with van der Waals surface area (Å²) in [5.74, 6) is 0. The van der Waals surface area contributed by atoms with Crippen LogP contribution in [0.2, 0.25) is 0 Å². The number of benzene rings is 2. The summed E-state index contributed by atoms with van der Waals surface area (Å²) in [7, 11) is 0. The van der Waals surface area contributed by atoms with Crippen molar-refractivity contribution >= 4 is 22.3 Å². The molecule has 0 fully saturated rings. The first-order valence-electron chi connectivity index (χ1n) is 6.13. The second-order valence-corrected chi connectivity index (χ2v) is 4.37. The number of halogens is 3. The summed E-state index contributed by atoms with van der Waals surface area (Å²) in [4.78, 5) is 3.06. The summed E-state index contributed by atoms with van der Waals surface area (Å²) < 4.78 is 35.9. The molecule has 2 aromatic carbocycles. The minimum atomic E-state index is -4.34. The molecule has 0 bridgehead atoms. The molecule has 0 radical (unpaired) electrons. The molecular weight excluding hydrogens is 279 g/mol. The second kappa shape index (κ2) is 5.78. The first-order valence-corrected chi connectivity index (χ1v) is 6.13. The third kappa shape index (κ3) is 3.47. The fourth-order valence-electron chi connectivity index (χ4n) is 1.85. The Morgan fingerprint density at radius 2 is 1.43 bits per heavy atom. The number of H-pyrrole nitrogens is 1. The summed E-state index contributed by atoms with van der Waals surface area (Å²) in [5, 5.41) is 1.10. The molecule has 5 N–H and O–H groups in total. The Bertz CT molecular complexity index is 732. The van der Waals surface area contributed by atoms with Crippen LogP contribution in [0.15, 0.2) is 54.7 Å². The topological polar surface area (TPSA) is 67.8 Å². The molecule has 0 saturated carbocycles. The largest absolute Gasteiger partial charge is 0.418 e. The molecule has 3 aromatic rings. The molecule has 0 aliphatic heterocycles. The molecule has 1 heterocycles. The normalized spacial score (nSPS) is 11.0. The van der Waals surface area contributed by atoms with Gasteiger partial charge in [-0.05, 0) is 18.2 Å². The second-order valence-electron chi connectivity index (χ2n) is 4.37. The van der Waals surface area contributed by atoms with Gasteiger partial charge >= 0.3 is 6.18 Å². The van der Waals surface area contributed by atoms with E-state index in [2.05, 4.69) is 4.98 Å². The van der Waals surface area contributed by atoms with Gasteiger partial charge in [-0.15, -0.1) is 0 Å². The number of anilines is 2. The van der Waals surface area contributed by atoms with Gasteiger partial charge in [-0.3, -0.25) is 0 Å². The van der Waals surface area contributed by atoms with Crippen molar-refractivity contribution in [1.82, 2.24) is 4.98 Å². The average Bonchev–Trinajstić information content (AvgIpc) is 2.81. The van der Waals surface area contributed by atoms with Crippen molar-refractivity contribution in [3.63, 3.8) is 0 Å². The van der Waals surface area contributed by atoms with Crippen LogP contribution in [0.1, 0.15) is 5.56 Å². The highest BCUT2D eigenvalue weighted by Crippen LogP contribution is 2.32. The standard InChI is InChI=1S/C8H8N2.C7H6F3N/c9-7-5-10-8-4-2-1-3-6(7)8;8-7(9,10)5-3-1-2-4-6(5)11/h1-5,10H,9H2;1-4H,11H2. The van der Waals surface area contributed by atoms with E-state index in [1.807, 2.05) is 30.5 Å². The summed E-state index contributed by atoms with van der Waals surface area (Å²) in [6.45, 7) is 0. The number of rotatable bonds is 0. The number of nitrogen functional groups attached to an aromatic ring is 2. The van der Waals surface area contributed by atoms with E-state index in [4.69, 9.17) is 11.5 Å². The first kappa shape index (κ1) is 14.8. The van der Waals surface area contributed by atoms with Gasteiger partial charge in [0, 0.05) is 22.8 Å². The van der Waals surface area contributed by atoms with Gasteiger partial charge < -0.3 is 16.5 Å². The van der Waals surface area contributed by atoms with Crippen molar-refractivity contribution < 1.29 is 13.2 Å². The molecular formula is C15H14F3N3. The van der Waals surface area contributed by atoms with Crippen LogP contribution < -0.4 is 11.5 Å². The van der Waals surface area contributed by atoms with Gasteiger partial charge in [0.1, 0.15) is 0 Å². The number of nitrogens with two attached hydrogens (primary N) is 2. The summed E-state index contributed by atoms with van der Waals surface area (Å²) >= 11 is 0. The molecule has 0 saturated heterocycles. The molecule has 0 spiro atoms. The number of nitrogens with one attached hydrogen (secondary N) is 1. The van der Waals surface area contributed by atoms with E-state index in [0.29, 0.717) is 0 Å². The maximum Gasteiger partial charge on any atom is 0.418 e. The lowest BCUT2D eigenvalue weighted by Gasteiger charge is -2.07. The average molecular weight is 293 g/mol. The fourth-order valence-corrected chi connectivity index (χ4v) is 1.85. The molecule has 0 aliphatic carbocycles. The maximum absolute atomic E-state index is 12.0. The minimum Gasteiger partial charge on any atom is -0.398 e. The van der Waals surface area contributed by atoms with Crippen LogP contribution in [0.25, 0.3) is 10.9 Å². The molecule has 3 nitrogen and oxygen atoms in total. The van der Waals surface area contributed by atoms with Crippen molar-refractivity contribution in [2.24, 2.45) is 0 Å². The Morgan fingerprint density at radius 3 is 2.00 bits per heavy atom. The third-order valence-corrected chi connectivity index (χ3v) is 2.89. The Hall–Kier alpha value is -2.63. The highest BCUT2D eigenvalue weighted by Gasteiger charge is 2.32. The Balaban J connectivity index is 0.000000154. The number of fused-ring (bicyclic) bond motifs is 1. The minimum absolute atomic E-state index is 0.236. The van der Waals surface area contributed by atoms with Crippen molar-refractivity contribution in [2.75, 3.05) is 11.5 Å². The molecule has 3 rings (SSSR count). The number of hydrogen-bond donors (Lipinski definition) is 3. The third-order valence-electron chi connectivity index (χ3n) is 2.89. The molecule has 0 amide bonds. The number of aromatic nitrogens is 1. The van der Waals surface area contributed by atoms with Crippen LogP contribution in [0.4, 0.5) is 24.5 Å². The lowest BCUT2D eigenvalue weighted by molar-refractivity contribution is -0.136. The zero-order valence-corrected chi connectivity index (χ0v) is 11.0. The highest BCUT2D eigenvalue weighted by molar-refractivity contribution is 5.90. The quantitative estimate of drug-likeness (QED) is 0.548. The zero-order chi connectivity index (χ0) is 15.5. The molecule has 0 unspecified atom stereocenters. The SMILES string of the molecule is Nc1c[nH]c2ccccc12.Nc1ccccc1C(F)(F)F. The van der Waals surface area contributed by atoms with E-state index < -0.39 is 11.7 Å². The predicted molar refractivity (Wildman–Crippen MR) is 78.6 cm³/mol. The van der Waals surface area contributed by atoms with Gasteiger partial charge in [-0.2, -0.15) is 13.2 Å². The van der Waals surface area contributed by atoms with Crippen molar-refractivity contribution in [3.8, 4) is 0 Å². The lowest BCUT2D eigenvalue weighted by atomic mass is 10.2. The van der Waals surface area contributed by atoms with Gasteiger partial charge in [0.15, 0.2) is 0 Å². The molecule has 21 heavy (non-hydrogen) atoms. The Labute approximate surface area is 119 Å². The number of hydrogen-bond acceptors (Lipinski definition) is 2. The Morgan fingerprint density at radius 1 is 0.810 bits per heavy atom. The zero-order valence-electron chi connectivity index (χ0n) is 11.0.